The topological polar surface area (TPSA) is 112 Å². The highest BCUT2D eigenvalue weighted by Gasteiger charge is 2.54. The van der Waals surface area contributed by atoms with E-state index in [1.54, 1.807) is 12.1 Å². The van der Waals surface area contributed by atoms with Gasteiger partial charge in [-0.3, -0.25) is 10.0 Å². The van der Waals surface area contributed by atoms with Gasteiger partial charge >= 0.3 is 11.3 Å². The van der Waals surface area contributed by atoms with E-state index in [0.717, 1.165) is 27.1 Å². The maximum atomic E-state index is 13.0. The van der Waals surface area contributed by atoms with Crippen molar-refractivity contribution in [3.63, 3.8) is 0 Å². The molecule has 0 radical (unpaired) electrons. The predicted octanol–water partition coefficient (Wildman–Crippen LogP) is 10.3. The van der Waals surface area contributed by atoms with E-state index in [1.807, 2.05) is 139 Å². The Bertz CT molecular complexity index is 2370. The van der Waals surface area contributed by atoms with Crippen LogP contribution in [0.2, 0.25) is 0 Å². The van der Waals surface area contributed by atoms with Crippen molar-refractivity contribution >= 4 is 21.9 Å². The molecular weight excluding hydrogens is 682 g/mol. The van der Waals surface area contributed by atoms with Crippen LogP contribution in [0.15, 0.2) is 128 Å². The fourth-order valence-electron chi connectivity index (χ4n) is 7.64. The van der Waals surface area contributed by atoms with Gasteiger partial charge in [-0.25, -0.2) is 9.59 Å². The van der Waals surface area contributed by atoms with E-state index in [9.17, 15) is 14.8 Å². The highest BCUT2D eigenvalue weighted by atomic mass is 16.9. The van der Waals surface area contributed by atoms with Crippen LogP contribution >= 0.6 is 0 Å². The Morgan fingerprint density at radius 3 is 1.52 bits per heavy atom. The van der Waals surface area contributed by atoms with Crippen LogP contribution in [-0.2, 0) is 4.84 Å². The number of benzene rings is 4. The second kappa shape index (κ2) is 14.5. The molecule has 0 fully saturated rings. The zero-order valence-electron chi connectivity index (χ0n) is 32.4. The number of rotatable bonds is 13. The highest BCUT2D eigenvalue weighted by Crippen LogP contribution is 2.49. The van der Waals surface area contributed by atoms with Crippen LogP contribution in [0.25, 0.3) is 44.2 Å². The van der Waals surface area contributed by atoms with E-state index in [2.05, 4.69) is 13.8 Å². The molecule has 0 spiro atoms. The van der Waals surface area contributed by atoms with Crippen molar-refractivity contribution in [2.75, 3.05) is 7.05 Å². The second-order valence-corrected chi connectivity index (χ2v) is 16.3. The lowest BCUT2D eigenvalue weighted by atomic mass is 9.62. The van der Waals surface area contributed by atoms with Crippen molar-refractivity contribution in [2.24, 2.45) is 10.8 Å². The van der Waals surface area contributed by atoms with Crippen molar-refractivity contribution in [2.45, 2.75) is 79.1 Å². The molecule has 2 aromatic heterocycles. The maximum absolute atomic E-state index is 13.0. The third-order valence-corrected chi connectivity index (χ3v) is 10.4. The zero-order valence-corrected chi connectivity index (χ0v) is 32.4. The minimum atomic E-state index is -0.873. The first-order valence-electron chi connectivity index (χ1n) is 18.1. The minimum Gasteiger partial charge on any atom is -0.488 e. The molecule has 0 aliphatic rings. The molecule has 282 valence electrons. The number of hydrogen-bond donors (Lipinski definition) is 1. The van der Waals surface area contributed by atoms with E-state index in [1.165, 1.54) is 7.05 Å². The summed E-state index contributed by atoms with van der Waals surface area (Å²) in [4.78, 5) is 32.1. The Morgan fingerprint density at radius 1 is 0.630 bits per heavy atom. The van der Waals surface area contributed by atoms with E-state index >= 15 is 0 Å². The van der Waals surface area contributed by atoms with Gasteiger partial charge in [-0.15, -0.1) is 0 Å². The number of fused-ring (bicyclic) bond motifs is 2. The molecule has 6 rings (SSSR count). The molecule has 0 aliphatic heterocycles. The molecule has 2 heterocycles. The van der Waals surface area contributed by atoms with Crippen LogP contribution in [-0.4, -0.2) is 34.8 Å². The number of hydrogen-bond acceptors (Lipinski definition) is 9. The summed E-state index contributed by atoms with van der Waals surface area (Å²) in [5.41, 5.74) is -0.381. The van der Waals surface area contributed by atoms with Crippen LogP contribution in [0.4, 0.5) is 0 Å². The summed E-state index contributed by atoms with van der Waals surface area (Å²) in [6.45, 7) is 16.2. The Hall–Kier alpha value is -5.22. The third-order valence-electron chi connectivity index (χ3n) is 10.4. The Kier molecular flexibility index (Phi) is 10.4. The zero-order chi connectivity index (χ0) is 39.1. The summed E-state index contributed by atoms with van der Waals surface area (Å²) in [5.74, 6) is 1.07. The maximum Gasteiger partial charge on any atom is 0.344 e. The molecule has 54 heavy (non-hydrogen) atoms. The molecule has 0 saturated heterocycles. The lowest BCUT2D eigenvalue weighted by molar-refractivity contribution is -0.382. The molecule has 1 N–H and O–H groups in total. The first-order chi connectivity index (χ1) is 25.3. The Labute approximate surface area is 315 Å². The molecule has 0 aliphatic carbocycles. The molecule has 4 aromatic carbocycles. The molecule has 9 heteroatoms. The lowest BCUT2D eigenvalue weighted by Gasteiger charge is -2.52. The van der Waals surface area contributed by atoms with Crippen LogP contribution in [0.5, 0.6) is 11.5 Å². The van der Waals surface area contributed by atoms with E-state index < -0.39 is 39.4 Å². The van der Waals surface area contributed by atoms with Gasteiger partial charge in [-0.1, -0.05) is 93.6 Å². The molecule has 0 bridgehead atoms. The molecule has 0 amide bonds. The van der Waals surface area contributed by atoms with E-state index in [-0.39, 0.29) is 0 Å². The quantitative estimate of drug-likeness (QED) is 0.0916. The number of nitrogens with zero attached hydrogens (tertiary/aromatic N) is 1. The average Bonchev–Trinajstić information content (AvgIpc) is 3.09. The fraction of sp³-hybridized carbons (Fsp3) is 0.333. The van der Waals surface area contributed by atoms with Gasteiger partial charge in [0.1, 0.15) is 33.9 Å². The summed E-state index contributed by atoms with van der Waals surface area (Å²) < 4.78 is 24.8. The largest absolute Gasteiger partial charge is 0.488 e. The summed E-state index contributed by atoms with van der Waals surface area (Å²) >= 11 is 0. The van der Waals surface area contributed by atoms with Crippen LogP contribution in [0.3, 0.4) is 0 Å². The van der Waals surface area contributed by atoms with Gasteiger partial charge in [0.05, 0.1) is 17.2 Å². The van der Waals surface area contributed by atoms with Gasteiger partial charge in [-0.2, -0.15) is 0 Å². The number of ether oxygens (including phenoxy) is 2. The minimum absolute atomic E-state index is 0.414. The van der Waals surface area contributed by atoms with Crippen molar-refractivity contribution in [1.82, 2.24) is 5.23 Å². The SMILES string of the molecule is CN(O)OC(C(C)(C)CC(C)(C)Oc1ccc2cc(-c3ccccc3)c(=O)oc2c1)C(C)(C)C(C)(C)Oc1ccc2cc(-c3ccccc3)c(=O)oc2c1. The Morgan fingerprint density at radius 2 is 1.07 bits per heavy atom. The van der Waals surface area contributed by atoms with Gasteiger partial charge in [0, 0.05) is 35.4 Å². The van der Waals surface area contributed by atoms with Crippen LogP contribution in [0.1, 0.15) is 61.8 Å². The van der Waals surface area contributed by atoms with Gasteiger partial charge < -0.3 is 18.3 Å². The molecule has 0 saturated carbocycles. The van der Waals surface area contributed by atoms with Gasteiger partial charge in [0.15, 0.2) is 0 Å². The molecule has 1 unspecified atom stereocenters. The third kappa shape index (κ3) is 8.14. The standard InChI is InChI=1S/C45H49NO8/c1-42(2,28-43(3,4)52-33-22-20-31-24-35(29-16-12-10-13-17-29)39(47)50-37(31)26-33)41(54-46(9)49)44(5,6)45(7,8)53-34-23-21-32-25-36(30-18-14-11-15-19-30)40(48)51-38(32)27-34/h10-27,41,49H,28H2,1-9H3. The van der Waals surface area contributed by atoms with Gasteiger partial charge in [-0.05, 0) is 87.1 Å². The average molecular weight is 732 g/mol. The monoisotopic (exact) mass is 731 g/mol. The summed E-state index contributed by atoms with van der Waals surface area (Å²) in [6, 6.07) is 33.5. The van der Waals surface area contributed by atoms with Crippen molar-refractivity contribution in [3.05, 3.63) is 130 Å². The molecule has 1 atom stereocenters. The van der Waals surface area contributed by atoms with E-state index in [4.69, 9.17) is 23.1 Å². The molecule has 9 nitrogen and oxygen atoms in total. The molecule has 6 aromatic rings. The lowest BCUT2D eigenvalue weighted by Crippen LogP contribution is -2.59. The number of hydroxylamine groups is 2. The summed E-state index contributed by atoms with van der Waals surface area (Å²) in [7, 11) is 1.44. The normalized spacial score (nSPS) is 13.4. The summed E-state index contributed by atoms with van der Waals surface area (Å²) in [6.07, 6.45) is -0.103. The Balaban J connectivity index is 1.23. The van der Waals surface area contributed by atoms with Crippen molar-refractivity contribution in [1.29, 1.82) is 0 Å². The van der Waals surface area contributed by atoms with Crippen molar-refractivity contribution in [3.8, 4) is 33.8 Å². The predicted molar refractivity (Wildman–Crippen MR) is 212 cm³/mol. The first kappa shape index (κ1) is 38.5. The van der Waals surface area contributed by atoms with Crippen molar-refractivity contribution < 1.29 is 28.4 Å². The van der Waals surface area contributed by atoms with E-state index in [0.29, 0.717) is 40.2 Å². The van der Waals surface area contributed by atoms with Gasteiger partial charge in [0.2, 0.25) is 0 Å². The molecular formula is C45H49NO8. The summed E-state index contributed by atoms with van der Waals surface area (Å²) in [5, 5.41) is 12.8. The first-order valence-corrected chi connectivity index (χ1v) is 18.1. The highest BCUT2D eigenvalue weighted by molar-refractivity contribution is 5.83. The van der Waals surface area contributed by atoms with Crippen LogP contribution in [0, 0.1) is 10.8 Å². The second-order valence-electron chi connectivity index (χ2n) is 16.3. The smallest absolute Gasteiger partial charge is 0.344 e. The van der Waals surface area contributed by atoms with Crippen LogP contribution < -0.4 is 20.7 Å². The van der Waals surface area contributed by atoms with Gasteiger partial charge in [0.25, 0.3) is 0 Å². The fourth-order valence-corrected chi connectivity index (χ4v) is 7.64.